The van der Waals surface area contributed by atoms with Crippen LogP contribution in [0.2, 0.25) is 0 Å². The Morgan fingerprint density at radius 3 is 2.19 bits per heavy atom. The Morgan fingerprint density at radius 1 is 0.906 bits per heavy atom. The van der Waals surface area contributed by atoms with Gasteiger partial charge in [0.1, 0.15) is 22.1 Å². The van der Waals surface area contributed by atoms with Crippen molar-refractivity contribution in [1.29, 1.82) is 0 Å². The van der Waals surface area contributed by atoms with Crippen molar-refractivity contribution in [3.63, 3.8) is 0 Å². The molecule has 1 heterocycles. The van der Waals surface area contributed by atoms with Crippen LogP contribution >= 0.6 is 0 Å². The van der Waals surface area contributed by atoms with E-state index in [9.17, 15) is 13.2 Å². The number of ketones is 1. The van der Waals surface area contributed by atoms with Crippen LogP contribution in [-0.4, -0.2) is 21.3 Å². The summed E-state index contributed by atoms with van der Waals surface area (Å²) in [5, 5.41) is 0. The normalized spacial score (nSPS) is 14.4. The minimum absolute atomic E-state index is 0.0128. The summed E-state index contributed by atoms with van der Waals surface area (Å²) in [5.41, 5.74) is 2.39. The highest BCUT2D eigenvalue weighted by molar-refractivity contribution is 7.87. The first-order chi connectivity index (χ1) is 15.3. The molecule has 0 aromatic heterocycles. The zero-order chi connectivity index (χ0) is 22.9. The molecule has 0 N–H and O–H groups in total. The van der Waals surface area contributed by atoms with E-state index in [1.807, 2.05) is 24.3 Å². The van der Waals surface area contributed by atoms with Gasteiger partial charge in [-0.2, -0.15) is 8.42 Å². The lowest BCUT2D eigenvalue weighted by atomic mass is 10.0. The maximum atomic E-state index is 12.7. The second-order valence-corrected chi connectivity index (χ2v) is 9.18. The molecule has 0 amide bonds. The Kier molecular flexibility index (Phi) is 5.76. The van der Waals surface area contributed by atoms with Gasteiger partial charge in [0, 0.05) is 6.07 Å². The van der Waals surface area contributed by atoms with Gasteiger partial charge in [-0.3, -0.25) is 4.79 Å². The number of benzene rings is 3. The second-order valence-electron chi connectivity index (χ2n) is 7.63. The van der Waals surface area contributed by atoms with Crippen molar-refractivity contribution in [1.82, 2.24) is 0 Å². The molecule has 0 aliphatic carbocycles. The van der Waals surface area contributed by atoms with Crippen LogP contribution in [0.15, 0.2) is 77.4 Å². The van der Waals surface area contributed by atoms with Gasteiger partial charge in [-0.25, -0.2) is 0 Å². The standard InChI is InChI=1S/C25H22O6S/c1-16(2)18-6-4-17(5-7-18)14-24-25(26)22-13-10-20(15-23(22)30-24)31-32(27,28)21-11-8-19(29-3)9-12-21/h4-16H,1-3H3. The molecule has 164 valence electrons. The number of Topliss-reactive ketones (excluding diaryl/α,β-unsaturated/α-hetero) is 1. The fraction of sp³-hybridized carbons (Fsp3) is 0.160. The van der Waals surface area contributed by atoms with Crippen molar-refractivity contribution < 1.29 is 26.9 Å². The zero-order valence-electron chi connectivity index (χ0n) is 17.9. The summed E-state index contributed by atoms with van der Waals surface area (Å²) in [6.45, 7) is 4.23. The Morgan fingerprint density at radius 2 is 1.56 bits per heavy atom. The summed E-state index contributed by atoms with van der Waals surface area (Å²) in [4.78, 5) is 12.7. The summed E-state index contributed by atoms with van der Waals surface area (Å²) < 4.78 is 41.1. The Bertz CT molecular complexity index is 1290. The molecule has 0 radical (unpaired) electrons. The van der Waals surface area contributed by atoms with Crippen molar-refractivity contribution in [2.75, 3.05) is 7.11 Å². The quantitative estimate of drug-likeness (QED) is 0.379. The van der Waals surface area contributed by atoms with E-state index in [0.717, 1.165) is 5.56 Å². The van der Waals surface area contributed by atoms with Crippen molar-refractivity contribution in [3.05, 3.63) is 89.2 Å². The molecule has 0 fully saturated rings. The summed E-state index contributed by atoms with van der Waals surface area (Å²) >= 11 is 0. The van der Waals surface area contributed by atoms with Gasteiger partial charge in [-0.1, -0.05) is 38.1 Å². The molecule has 32 heavy (non-hydrogen) atoms. The lowest BCUT2D eigenvalue weighted by Crippen LogP contribution is -2.09. The monoisotopic (exact) mass is 450 g/mol. The number of allylic oxidation sites excluding steroid dienone is 1. The van der Waals surface area contributed by atoms with Gasteiger partial charge >= 0.3 is 10.1 Å². The number of fused-ring (bicyclic) bond motifs is 1. The van der Waals surface area contributed by atoms with Crippen LogP contribution in [0.5, 0.6) is 17.2 Å². The van der Waals surface area contributed by atoms with Gasteiger partial charge in [0.05, 0.1) is 12.7 Å². The number of ether oxygens (including phenoxy) is 2. The molecule has 0 saturated heterocycles. The van der Waals surface area contributed by atoms with E-state index in [4.69, 9.17) is 13.7 Å². The number of rotatable bonds is 6. The largest absolute Gasteiger partial charge is 0.497 e. The minimum Gasteiger partial charge on any atom is -0.497 e. The van der Waals surface area contributed by atoms with Crippen LogP contribution in [0.4, 0.5) is 0 Å². The molecule has 3 aromatic carbocycles. The van der Waals surface area contributed by atoms with Crippen molar-refractivity contribution in [3.8, 4) is 17.2 Å². The van der Waals surface area contributed by atoms with Gasteiger partial charge in [0.2, 0.25) is 5.78 Å². The molecule has 0 unspecified atom stereocenters. The molecule has 0 spiro atoms. The number of carbonyl (C=O) groups is 1. The fourth-order valence-electron chi connectivity index (χ4n) is 3.26. The van der Waals surface area contributed by atoms with Crippen molar-refractivity contribution in [2.45, 2.75) is 24.7 Å². The van der Waals surface area contributed by atoms with Gasteiger partial charge in [0.15, 0.2) is 5.76 Å². The van der Waals surface area contributed by atoms with Gasteiger partial charge < -0.3 is 13.7 Å². The van der Waals surface area contributed by atoms with E-state index in [1.54, 1.807) is 6.08 Å². The Balaban J connectivity index is 1.54. The Labute approximate surface area is 187 Å². The van der Waals surface area contributed by atoms with E-state index in [1.165, 1.54) is 55.1 Å². The second kappa shape index (κ2) is 8.51. The summed E-state index contributed by atoms with van der Waals surface area (Å²) in [6.07, 6.45) is 1.67. The molecule has 1 aliphatic heterocycles. The van der Waals surface area contributed by atoms with Crippen LogP contribution in [0, 0.1) is 0 Å². The van der Waals surface area contributed by atoms with Gasteiger partial charge in [-0.15, -0.1) is 0 Å². The predicted molar refractivity (Wildman–Crippen MR) is 121 cm³/mol. The molecule has 3 aromatic rings. The number of hydrogen-bond acceptors (Lipinski definition) is 6. The molecule has 6 nitrogen and oxygen atoms in total. The number of methoxy groups -OCH3 is 1. The summed E-state index contributed by atoms with van der Waals surface area (Å²) in [7, 11) is -2.56. The molecule has 0 bridgehead atoms. The number of hydrogen-bond donors (Lipinski definition) is 0. The summed E-state index contributed by atoms with van der Waals surface area (Å²) in [6, 6.07) is 18.1. The molecule has 4 rings (SSSR count). The van der Waals surface area contributed by atoms with E-state index < -0.39 is 10.1 Å². The first-order valence-electron chi connectivity index (χ1n) is 10.0. The van der Waals surface area contributed by atoms with E-state index >= 15 is 0 Å². The molecule has 0 atom stereocenters. The van der Waals surface area contributed by atoms with Crippen LogP contribution in [-0.2, 0) is 10.1 Å². The third-order valence-corrected chi connectivity index (χ3v) is 6.36. The van der Waals surface area contributed by atoms with E-state index in [2.05, 4.69) is 13.8 Å². The SMILES string of the molecule is COc1ccc(S(=O)(=O)Oc2ccc3c(c2)OC(=Cc2ccc(C(C)C)cc2)C3=O)cc1. The lowest BCUT2D eigenvalue weighted by molar-refractivity contribution is 0.101. The zero-order valence-corrected chi connectivity index (χ0v) is 18.7. The molecule has 0 saturated carbocycles. The predicted octanol–water partition coefficient (Wildman–Crippen LogP) is 5.20. The van der Waals surface area contributed by atoms with Crippen LogP contribution < -0.4 is 13.7 Å². The Hall–Kier alpha value is -3.58. The molecular formula is C25H22O6S. The van der Waals surface area contributed by atoms with Crippen LogP contribution in [0.25, 0.3) is 6.08 Å². The fourth-order valence-corrected chi connectivity index (χ4v) is 4.19. The van der Waals surface area contributed by atoms with Crippen LogP contribution in [0.1, 0.15) is 41.3 Å². The maximum absolute atomic E-state index is 12.7. The topological polar surface area (TPSA) is 78.9 Å². The third kappa shape index (κ3) is 4.38. The maximum Gasteiger partial charge on any atom is 0.339 e. The highest BCUT2D eigenvalue weighted by atomic mass is 32.2. The van der Waals surface area contributed by atoms with Gasteiger partial charge in [0.25, 0.3) is 0 Å². The smallest absolute Gasteiger partial charge is 0.339 e. The van der Waals surface area contributed by atoms with Crippen molar-refractivity contribution in [2.24, 2.45) is 0 Å². The highest BCUT2D eigenvalue weighted by Crippen LogP contribution is 2.36. The van der Waals surface area contributed by atoms with Gasteiger partial charge in [-0.05, 0) is 59.5 Å². The molecule has 7 heteroatoms. The first kappa shape index (κ1) is 21.6. The third-order valence-electron chi connectivity index (χ3n) is 5.10. The number of carbonyl (C=O) groups excluding carboxylic acids is 1. The van der Waals surface area contributed by atoms with E-state index in [-0.39, 0.29) is 27.9 Å². The van der Waals surface area contributed by atoms with E-state index in [0.29, 0.717) is 17.2 Å². The minimum atomic E-state index is -4.05. The van der Waals surface area contributed by atoms with Crippen molar-refractivity contribution >= 4 is 22.0 Å². The average molecular weight is 451 g/mol. The molecular weight excluding hydrogens is 428 g/mol. The highest BCUT2D eigenvalue weighted by Gasteiger charge is 2.28. The lowest BCUT2D eigenvalue weighted by Gasteiger charge is -2.08. The summed E-state index contributed by atoms with van der Waals surface area (Å²) in [5.74, 6) is 1.16. The molecule has 1 aliphatic rings. The van der Waals surface area contributed by atoms with Crippen LogP contribution in [0.3, 0.4) is 0 Å². The average Bonchev–Trinajstić information content (AvgIpc) is 3.08. The first-order valence-corrected chi connectivity index (χ1v) is 11.4.